The van der Waals surface area contributed by atoms with E-state index in [0.29, 0.717) is 6.42 Å². The SMILES string of the molecule is C[C@@H](NCCCc1cccc(C(F)(F)F)c1)c1cccc2ccccc12.O=S(=O)([O-])O. The van der Waals surface area contributed by atoms with Gasteiger partial charge in [-0.2, -0.15) is 13.2 Å². The van der Waals surface area contributed by atoms with Crippen molar-refractivity contribution in [2.24, 2.45) is 0 Å². The Balaban J connectivity index is 0.000000614. The van der Waals surface area contributed by atoms with Gasteiger partial charge in [-0.15, -0.1) is 0 Å². The summed E-state index contributed by atoms with van der Waals surface area (Å²) in [5.41, 5.74) is 1.38. The topological polar surface area (TPSA) is 89.5 Å². The molecule has 0 aliphatic carbocycles. The van der Waals surface area contributed by atoms with Gasteiger partial charge in [-0.1, -0.05) is 60.7 Å². The number of hydrogen-bond donors (Lipinski definition) is 2. The van der Waals surface area contributed by atoms with Gasteiger partial charge in [0.05, 0.1) is 5.56 Å². The van der Waals surface area contributed by atoms with Crippen LogP contribution in [0.5, 0.6) is 0 Å². The van der Waals surface area contributed by atoms with Crippen molar-refractivity contribution in [1.82, 2.24) is 5.32 Å². The predicted octanol–water partition coefficient (Wildman–Crippen LogP) is 5.15. The number of hydrogen-bond acceptors (Lipinski definition) is 4. The molecule has 0 saturated carbocycles. The van der Waals surface area contributed by atoms with E-state index in [0.717, 1.165) is 24.6 Å². The third-order valence-electron chi connectivity index (χ3n) is 4.64. The van der Waals surface area contributed by atoms with Crippen LogP contribution in [0, 0.1) is 0 Å². The van der Waals surface area contributed by atoms with Crippen LogP contribution in [0.1, 0.15) is 36.1 Å². The highest BCUT2D eigenvalue weighted by Gasteiger charge is 2.30. The van der Waals surface area contributed by atoms with Crippen molar-refractivity contribution >= 4 is 21.2 Å². The number of fused-ring (bicyclic) bond motifs is 1. The number of nitrogens with one attached hydrogen (secondary N) is 1. The molecule has 0 radical (unpaired) electrons. The van der Waals surface area contributed by atoms with Gasteiger partial charge in [0.25, 0.3) is 0 Å². The van der Waals surface area contributed by atoms with E-state index in [1.165, 1.54) is 28.5 Å². The van der Waals surface area contributed by atoms with E-state index in [-0.39, 0.29) is 6.04 Å². The summed E-state index contributed by atoms with van der Waals surface area (Å²) in [6.45, 7) is 2.87. The minimum atomic E-state index is -4.92. The van der Waals surface area contributed by atoms with E-state index in [4.69, 9.17) is 17.5 Å². The van der Waals surface area contributed by atoms with Crippen LogP contribution in [-0.2, 0) is 23.0 Å². The smallest absolute Gasteiger partial charge is 0.416 e. The molecule has 0 unspecified atom stereocenters. The third kappa shape index (κ3) is 8.66. The average Bonchev–Trinajstić information content (AvgIpc) is 2.69. The van der Waals surface area contributed by atoms with E-state index >= 15 is 0 Å². The minimum Gasteiger partial charge on any atom is -0.726 e. The van der Waals surface area contributed by atoms with Crippen molar-refractivity contribution in [3.05, 3.63) is 83.4 Å². The predicted molar refractivity (Wildman–Crippen MR) is 112 cm³/mol. The fourth-order valence-electron chi connectivity index (χ4n) is 3.25. The lowest BCUT2D eigenvalue weighted by Gasteiger charge is -2.17. The Morgan fingerprint density at radius 1 is 1.03 bits per heavy atom. The van der Waals surface area contributed by atoms with Crippen LogP contribution in [0.25, 0.3) is 10.8 Å². The summed E-state index contributed by atoms with van der Waals surface area (Å²) in [6.07, 6.45) is -2.87. The lowest BCUT2D eigenvalue weighted by Crippen LogP contribution is -2.20. The normalized spacial score (nSPS) is 12.8. The lowest BCUT2D eigenvalue weighted by atomic mass is 9.99. The summed E-state index contributed by atoms with van der Waals surface area (Å²) in [5.74, 6) is 0. The largest absolute Gasteiger partial charge is 0.726 e. The molecule has 0 heterocycles. The Morgan fingerprint density at radius 3 is 2.32 bits per heavy atom. The maximum Gasteiger partial charge on any atom is 0.416 e. The number of rotatable bonds is 6. The van der Waals surface area contributed by atoms with Crippen LogP contribution >= 0.6 is 0 Å². The second-order valence-corrected chi connectivity index (χ2v) is 7.83. The molecular formula is C22H23F3NO4S-. The molecule has 9 heteroatoms. The van der Waals surface area contributed by atoms with Gasteiger partial charge in [0, 0.05) is 6.04 Å². The van der Waals surface area contributed by atoms with Crippen molar-refractivity contribution in [1.29, 1.82) is 0 Å². The second-order valence-electron chi connectivity index (χ2n) is 6.97. The Bertz CT molecular complexity index is 1090. The summed E-state index contributed by atoms with van der Waals surface area (Å²) in [6, 6.07) is 20.3. The molecule has 168 valence electrons. The van der Waals surface area contributed by atoms with Crippen LogP contribution < -0.4 is 5.32 Å². The van der Waals surface area contributed by atoms with Crippen LogP contribution in [0.4, 0.5) is 13.2 Å². The number of benzene rings is 3. The molecule has 1 atom stereocenters. The van der Waals surface area contributed by atoms with E-state index in [9.17, 15) is 13.2 Å². The van der Waals surface area contributed by atoms with E-state index in [1.807, 2.05) is 12.1 Å². The maximum atomic E-state index is 12.8. The number of alkyl halides is 3. The molecule has 0 aliphatic heterocycles. The van der Waals surface area contributed by atoms with Crippen molar-refractivity contribution in [2.45, 2.75) is 32.0 Å². The molecule has 0 aromatic heterocycles. The molecule has 3 aromatic rings. The first-order chi connectivity index (χ1) is 14.4. The summed E-state index contributed by atoms with van der Waals surface area (Å²) in [7, 11) is -4.92. The molecule has 0 amide bonds. The Morgan fingerprint density at radius 2 is 1.65 bits per heavy atom. The van der Waals surface area contributed by atoms with E-state index in [1.54, 1.807) is 6.07 Å². The Hall–Kier alpha value is -2.46. The van der Waals surface area contributed by atoms with Gasteiger partial charge in [-0.05, 0) is 54.3 Å². The molecular weight excluding hydrogens is 431 g/mol. The Labute approximate surface area is 179 Å². The number of halogens is 3. The number of aryl methyl sites for hydroxylation is 1. The highest BCUT2D eigenvalue weighted by Crippen LogP contribution is 2.29. The van der Waals surface area contributed by atoms with Gasteiger partial charge in [-0.25, -0.2) is 8.42 Å². The van der Waals surface area contributed by atoms with E-state index < -0.39 is 22.1 Å². The first-order valence-electron chi connectivity index (χ1n) is 9.50. The molecule has 2 N–H and O–H groups in total. The molecule has 0 fully saturated rings. The van der Waals surface area contributed by atoms with E-state index in [2.05, 4.69) is 42.6 Å². The van der Waals surface area contributed by atoms with Crippen LogP contribution in [0.3, 0.4) is 0 Å². The molecule has 0 saturated heterocycles. The van der Waals surface area contributed by atoms with Crippen molar-refractivity contribution in [3.63, 3.8) is 0 Å². The standard InChI is InChI=1S/C22H22F3N.H2O4S/c1-16(20-13-5-10-18-9-2-3-12-21(18)20)26-14-6-8-17-7-4-11-19(15-17)22(23,24)25;1-5(2,3)4/h2-5,7,9-13,15-16,26H,6,8,14H2,1H3;(H2,1,2,3,4)/p-1/t16-;/m1./s1. The highest BCUT2D eigenvalue weighted by molar-refractivity contribution is 7.79. The van der Waals surface area contributed by atoms with Crippen LogP contribution in [0.15, 0.2) is 66.7 Å². The van der Waals surface area contributed by atoms with Gasteiger partial charge in [-0.3, -0.25) is 4.55 Å². The molecule has 5 nitrogen and oxygen atoms in total. The fraction of sp³-hybridized carbons (Fsp3) is 0.273. The summed E-state index contributed by atoms with van der Waals surface area (Å²) >= 11 is 0. The summed E-state index contributed by atoms with van der Waals surface area (Å²) in [5, 5.41) is 5.92. The van der Waals surface area contributed by atoms with Crippen molar-refractivity contribution in [3.8, 4) is 0 Å². The van der Waals surface area contributed by atoms with Crippen LogP contribution in [0.2, 0.25) is 0 Å². The molecule has 31 heavy (non-hydrogen) atoms. The van der Waals surface area contributed by atoms with Gasteiger partial charge in [0.15, 0.2) is 0 Å². The zero-order valence-corrected chi connectivity index (χ0v) is 17.6. The zero-order valence-electron chi connectivity index (χ0n) is 16.8. The quantitative estimate of drug-likeness (QED) is 0.306. The minimum absolute atomic E-state index is 0.183. The molecule has 3 rings (SSSR count). The van der Waals surface area contributed by atoms with Crippen LogP contribution in [-0.4, -0.2) is 24.1 Å². The average molecular weight is 454 g/mol. The molecule has 0 bridgehead atoms. The highest BCUT2D eigenvalue weighted by atomic mass is 32.3. The molecule has 0 aliphatic rings. The molecule has 3 aromatic carbocycles. The zero-order chi connectivity index (χ0) is 23.1. The monoisotopic (exact) mass is 454 g/mol. The first-order valence-corrected chi connectivity index (χ1v) is 10.9. The summed E-state index contributed by atoms with van der Waals surface area (Å²) < 4.78 is 71.1. The molecule has 0 spiro atoms. The Kier molecular flexibility index (Phi) is 8.58. The lowest BCUT2D eigenvalue weighted by molar-refractivity contribution is -0.137. The summed E-state index contributed by atoms with van der Waals surface area (Å²) in [4.78, 5) is 0. The third-order valence-corrected chi connectivity index (χ3v) is 4.64. The van der Waals surface area contributed by atoms with Gasteiger partial charge >= 0.3 is 6.18 Å². The van der Waals surface area contributed by atoms with Gasteiger partial charge in [0.2, 0.25) is 10.4 Å². The van der Waals surface area contributed by atoms with Crippen molar-refractivity contribution < 1.29 is 30.7 Å². The second kappa shape index (κ2) is 10.7. The van der Waals surface area contributed by atoms with Gasteiger partial charge < -0.3 is 9.87 Å². The fourth-order valence-corrected chi connectivity index (χ4v) is 3.25. The van der Waals surface area contributed by atoms with Gasteiger partial charge in [0.1, 0.15) is 0 Å². The maximum absolute atomic E-state index is 12.8. The first kappa shape index (κ1) is 24.8. The van der Waals surface area contributed by atoms with Crippen molar-refractivity contribution in [2.75, 3.05) is 6.54 Å².